The molecule has 1 unspecified atom stereocenters. The molecule has 10 heteroatoms. The highest BCUT2D eigenvalue weighted by Gasteiger charge is 2.48. The van der Waals surface area contributed by atoms with Crippen LogP contribution < -0.4 is 9.64 Å². The molecule has 38 heavy (non-hydrogen) atoms. The predicted octanol–water partition coefficient (Wildman–Crippen LogP) is 4.91. The summed E-state index contributed by atoms with van der Waals surface area (Å²) in [6.07, 6.45) is 1.38. The Bertz CT molecular complexity index is 1420. The van der Waals surface area contributed by atoms with Gasteiger partial charge in [0.1, 0.15) is 28.7 Å². The Hall–Kier alpha value is -4.44. The fourth-order valence-electron chi connectivity index (χ4n) is 4.00. The average molecular weight is 535 g/mol. The molecule has 0 radical (unpaired) electrons. The summed E-state index contributed by atoms with van der Waals surface area (Å²) in [4.78, 5) is 44.9. The summed E-state index contributed by atoms with van der Waals surface area (Å²) >= 11 is 0.903. The number of aliphatic hydroxyl groups excluding tert-OH is 1. The van der Waals surface area contributed by atoms with Gasteiger partial charge in [-0.05, 0) is 62.7 Å². The van der Waals surface area contributed by atoms with Crippen molar-refractivity contribution in [2.24, 2.45) is 0 Å². The summed E-state index contributed by atoms with van der Waals surface area (Å²) in [5.41, 5.74) is 0.937. The van der Waals surface area contributed by atoms with Crippen LogP contribution >= 0.6 is 11.3 Å². The number of aromatic nitrogens is 1. The van der Waals surface area contributed by atoms with Gasteiger partial charge in [0.15, 0.2) is 5.13 Å². The van der Waals surface area contributed by atoms with E-state index in [0.717, 1.165) is 16.2 Å². The Morgan fingerprint density at radius 1 is 1.16 bits per heavy atom. The monoisotopic (exact) mass is 534 g/mol. The minimum atomic E-state index is -1.07. The van der Waals surface area contributed by atoms with Crippen LogP contribution in [0, 0.1) is 6.92 Å². The van der Waals surface area contributed by atoms with Gasteiger partial charge in [-0.3, -0.25) is 14.5 Å². The van der Waals surface area contributed by atoms with Gasteiger partial charge in [0.05, 0.1) is 23.4 Å². The maximum absolute atomic E-state index is 13.3. The van der Waals surface area contributed by atoms with Crippen molar-refractivity contribution < 1.29 is 34.1 Å². The fraction of sp³-hybridized carbons (Fsp3) is 0.214. The quantitative estimate of drug-likeness (QED) is 0.137. The van der Waals surface area contributed by atoms with E-state index in [-0.39, 0.29) is 39.8 Å². The molecule has 0 aliphatic carbocycles. The average Bonchev–Trinajstić information content (AvgIpc) is 3.39. The van der Waals surface area contributed by atoms with E-state index in [4.69, 9.17) is 9.47 Å². The number of hydrogen-bond acceptors (Lipinski definition) is 9. The molecule has 2 N–H and O–H groups in total. The van der Waals surface area contributed by atoms with Gasteiger partial charge < -0.3 is 19.7 Å². The van der Waals surface area contributed by atoms with Gasteiger partial charge in [0, 0.05) is 5.56 Å². The number of aliphatic hydroxyl groups is 1. The number of Topliss-reactive ketones (excluding diaryl/α,β-unsaturated/α-hetero) is 1. The summed E-state index contributed by atoms with van der Waals surface area (Å²) < 4.78 is 10.8. The number of ketones is 1. The molecule has 1 fully saturated rings. The number of nitrogens with zero attached hydrogens (tertiary/aromatic N) is 2. The first-order chi connectivity index (χ1) is 18.1. The molecule has 0 saturated carbocycles. The van der Waals surface area contributed by atoms with Gasteiger partial charge in [-0.15, -0.1) is 0 Å². The van der Waals surface area contributed by atoms with Crippen molar-refractivity contribution in [3.8, 4) is 11.5 Å². The zero-order valence-electron chi connectivity index (χ0n) is 21.0. The van der Waals surface area contributed by atoms with E-state index in [1.54, 1.807) is 43.3 Å². The third-order valence-electron chi connectivity index (χ3n) is 5.66. The van der Waals surface area contributed by atoms with E-state index >= 15 is 0 Å². The molecule has 0 bridgehead atoms. The molecule has 1 atom stereocenters. The van der Waals surface area contributed by atoms with Gasteiger partial charge in [0.2, 0.25) is 0 Å². The Labute approximate surface area is 223 Å². The Morgan fingerprint density at radius 2 is 1.82 bits per heavy atom. The highest BCUT2D eigenvalue weighted by Crippen LogP contribution is 2.44. The fourth-order valence-corrected chi connectivity index (χ4v) is 4.98. The SMILES string of the molecule is C=CCOC(=O)c1sc(N2C(=O)C(=O)/C(=C(/O)c3ccc(OC(C)C)cc3)C2c2ccc(O)cc2)nc1C. The van der Waals surface area contributed by atoms with Gasteiger partial charge in [0.25, 0.3) is 5.78 Å². The summed E-state index contributed by atoms with van der Waals surface area (Å²) in [7, 11) is 0. The number of amides is 1. The molecule has 0 spiro atoms. The molecule has 1 saturated heterocycles. The normalized spacial score (nSPS) is 16.6. The number of ether oxygens (including phenoxy) is 2. The minimum Gasteiger partial charge on any atom is -0.508 e. The number of carbonyl (C=O) groups excluding carboxylic acids is 3. The molecule has 1 aromatic heterocycles. The lowest BCUT2D eigenvalue weighted by atomic mass is 9.95. The summed E-state index contributed by atoms with van der Waals surface area (Å²) in [6.45, 7) is 8.89. The van der Waals surface area contributed by atoms with E-state index in [2.05, 4.69) is 11.6 Å². The molecule has 4 rings (SSSR count). The van der Waals surface area contributed by atoms with Gasteiger partial charge in [-0.2, -0.15) is 0 Å². The lowest BCUT2D eigenvalue weighted by Gasteiger charge is -2.23. The van der Waals surface area contributed by atoms with E-state index in [9.17, 15) is 24.6 Å². The Morgan fingerprint density at radius 3 is 2.42 bits per heavy atom. The van der Waals surface area contributed by atoms with Crippen LogP contribution in [-0.4, -0.2) is 45.6 Å². The van der Waals surface area contributed by atoms with Crippen LogP contribution in [0.2, 0.25) is 0 Å². The van der Waals surface area contributed by atoms with Crippen molar-refractivity contribution >= 4 is 39.9 Å². The van der Waals surface area contributed by atoms with Crippen molar-refractivity contribution in [1.82, 2.24) is 4.98 Å². The summed E-state index contributed by atoms with van der Waals surface area (Å²) in [6, 6.07) is 11.4. The van der Waals surface area contributed by atoms with Crippen LogP contribution in [0.4, 0.5) is 5.13 Å². The molecule has 3 aromatic rings. The molecule has 1 amide bonds. The third-order valence-corrected chi connectivity index (χ3v) is 6.80. The number of rotatable bonds is 8. The number of phenolic OH excluding ortho intramolecular Hbond substituents is 1. The van der Waals surface area contributed by atoms with Crippen LogP contribution in [0.15, 0.2) is 66.8 Å². The van der Waals surface area contributed by atoms with E-state index in [0.29, 0.717) is 22.6 Å². The number of phenols is 1. The van der Waals surface area contributed by atoms with Crippen LogP contribution in [-0.2, 0) is 14.3 Å². The zero-order chi connectivity index (χ0) is 27.6. The Balaban J connectivity index is 1.83. The van der Waals surface area contributed by atoms with E-state index < -0.39 is 23.7 Å². The number of aryl methyl sites for hydroxylation is 1. The third kappa shape index (κ3) is 5.16. The first-order valence-electron chi connectivity index (χ1n) is 11.7. The second kappa shape index (κ2) is 10.9. The molecule has 1 aliphatic heterocycles. The highest BCUT2D eigenvalue weighted by atomic mass is 32.1. The second-order valence-corrected chi connectivity index (χ2v) is 9.73. The lowest BCUT2D eigenvalue weighted by Crippen LogP contribution is -2.29. The number of aromatic hydroxyl groups is 1. The predicted molar refractivity (Wildman–Crippen MR) is 142 cm³/mol. The van der Waals surface area contributed by atoms with E-state index in [1.165, 1.54) is 18.2 Å². The van der Waals surface area contributed by atoms with Crippen molar-refractivity contribution in [2.75, 3.05) is 11.5 Å². The molecule has 2 heterocycles. The van der Waals surface area contributed by atoms with Crippen molar-refractivity contribution in [2.45, 2.75) is 32.9 Å². The number of hydrogen-bond donors (Lipinski definition) is 2. The van der Waals surface area contributed by atoms with Gasteiger partial charge in [-0.1, -0.05) is 36.1 Å². The van der Waals surface area contributed by atoms with Crippen LogP contribution in [0.1, 0.15) is 46.4 Å². The highest BCUT2D eigenvalue weighted by molar-refractivity contribution is 7.17. The summed E-state index contributed by atoms with van der Waals surface area (Å²) in [5.74, 6) is -2.26. The van der Waals surface area contributed by atoms with Gasteiger partial charge >= 0.3 is 11.9 Å². The first-order valence-corrected chi connectivity index (χ1v) is 12.6. The number of esters is 1. The molecule has 2 aromatic carbocycles. The largest absolute Gasteiger partial charge is 0.508 e. The van der Waals surface area contributed by atoms with Crippen molar-refractivity contribution in [3.63, 3.8) is 0 Å². The van der Waals surface area contributed by atoms with Crippen LogP contribution in [0.5, 0.6) is 11.5 Å². The van der Waals surface area contributed by atoms with E-state index in [1.807, 2.05) is 13.8 Å². The molecule has 196 valence electrons. The van der Waals surface area contributed by atoms with Crippen LogP contribution in [0.25, 0.3) is 5.76 Å². The second-order valence-electron chi connectivity index (χ2n) is 8.75. The molecular formula is C28H26N2O7S. The van der Waals surface area contributed by atoms with Gasteiger partial charge in [-0.25, -0.2) is 9.78 Å². The van der Waals surface area contributed by atoms with Crippen molar-refractivity contribution in [3.05, 3.63) is 88.5 Å². The Kier molecular flexibility index (Phi) is 7.63. The van der Waals surface area contributed by atoms with Crippen LogP contribution in [0.3, 0.4) is 0 Å². The number of anilines is 1. The maximum Gasteiger partial charge on any atom is 0.350 e. The zero-order valence-corrected chi connectivity index (χ0v) is 21.8. The molecule has 1 aliphatic rings. The molecular weight excluding hydrogens is 508 g/mol. The lowest BCUT2D eigenvalue weighted by molar-refractivity contribution is -0.132. The minimum absolute atomic E-state index is 0.00449. The standard InChI is InChI=1S/C28H26N2O7S/c1-5-14-36-27(35)25-16(4)29-28(38-25)30-22(17-6-10-19(31)11-7-17)21(24(33)26(30)34)23(32)18-8-12-20(13-9-18)37-15(2)3/h5-13,15,22,31-32H,1,14H2,2-4H3/b23-21+. The maximum atomic E-state index is 13.3. The first kappa shape index (κ1) is 26.6. The molecule has 9 nitrogen and oxygen atoms in total. The number of carbonyl (C=O) groups is 3. The number of thiazole rings is 1. The number of benzene rings is 2. The topological polar surface area (TPSA) is 126 Å². The summed E-state index contributed by atoms with van der Waals surface area (Å²) in [5, 5.41) is 21.2. The smallest absolute Gasteiger partial charge is 0.350 e. The van der Waals surface area contributed by atoms with Crippen molar-refractivity contribution in [1.29, 1.82) is 0 Å².